The molecule has 0 saturated heterocycles. The molecule has 4 rings (SSSR count). The Bertz CT molecular complexity index is 641. The summed E-state index contributed by atoms with van der Waals surface area (Å²) < 4.78 is 0. The second-order valence-corrected chi connectivity index (χ2v) is 9.55. The molecule has 7 atom stereocenters. The smallest absolute Gasteiger partial charge is 0.155 e. The summed E-state index contributed by atoms with van der Waals surface area (Å²) >= 11 is 0. The van der Waals surface area contributed by atoms with Gasteiger partial charge in [0, 0.05) is 18.4 Å². The number of aliphatic hydroxyl groups is 1. The maximum absolute atomic E-state index is 11.9. The van der Waals surface area contributed by atoms with Crippen molar-refractivity contribution in [3.63, 3.8) is 0 Å². The number of ketones is 1. The number of aliphatic hydroxyl groups excluding tert-OH is 1. The molecule has 3 saturated carbocycles. The Hall–Kier alpha value is -1.07. The van der Waals surface area contributed by atoms with Crippen molar-refractivity contribution in [3.05, 3.63) is 11.6 Å². The highest BCUT2D eigenvalue weighted by atomic mass is 16.3. The van der Waals surface area contributed by atoms with E-state index in [0.29, 0.717) is 23.5 Å². The standard InChI is InChI=1S/C23H32O2/c1-4-23(11-12-24)10-8-20-21-15(2)13-16-14-17(25)5-6-18(16)19(21)7-9-22(20,23)3/h1,14-15,18-21,24H,5-13H2,2-3H3/t15?,18?,19?,20?,21?,22-,23-/m0/s1. The fourth-order valence-electron chi connectivity index (χ4n) is 7.64. The van der Waals surface area contributed by atoms with Gasteiger partial charge in [0.05, 0.1) is 0 Å². The molecule has 25 heavy (non-hydrogen) atoms. The Morgan fingerprint density at radius 3 is 2.84 bits per heavy atom. The van der Waals surface area contributed by atoms with Crippen molar-refractivity contribution in [1.29, 1.82) is 0 Å². The maximum Gasteiger partial charge on any atom is 0.155 e. The van der Waals surface area contributed by atoms with Crippen LogP contribution in [0.25, 0.3) is 0 Å². The molecule has 2 nitrogen and oxygen atoms in total. The molecule has 4 aliphatic rings. The molecule has 0 aromatic heterocycles. The van der Waals surface area contributed by atoms with Crippen molar-refractivity contribution < 1.29 is 9.90 Å². The lowest BCUT2D eigenvalue weighted by molar-refractivity contribution is -0.116. The molecule has 3 fully saturated rings. The van der Waals surface area contributed by atoms with E-state index >= 15 is 0 Å². The van der Waals surface area contributed by atoms with Gasteiger partial charge in [-0.25, -0.2) is 0 Å². The largest absolute Gasteiger partial charge is 0.396 e. The van der Waals surface area contributed by atoms with Gasteiger partial charge in [0.25, 0.3) is 0 Å². The van der Waals surface area contributed by atoms with Gasteiger partial charge in [-0.3, -0.25) is 4.79 Å². The topological polar surface area (TPSA) is 37.3 Å². The van der Waals surface area contributed by atoms with E-state index in [9.17, 15) is 9.90 Å². The molecule has 0 heterocycles. The third-order valence-electron chi connectivity index (χ3n) is 8.82. The van der Waals surface area contributed by atoms with Crippen molar-refractivity contribution in [3.8, 4) is 12.3 Å². The summed E-state index contributed by atoms with van der Waals surface area (Å²) in [6.07, 6.45) is 16.4. The molecule has 0 bridgehead atoms. The van der Waals surface area contributed by atoms with Crippen LogP contribution in [0, 0.1) is 52.8 Å². The Kier molecular flexibility index (Phi) is 4.15. The lowest BCUT2D eigenvalue weighted by Crippen LogP contribution is -2.51. The normalized spacial score (nSPS) is 48.8. The summed E-state index contributed by atoms with van der Waals surface area (Å²) in [5.74, 6) is 6.96. The first-order valence-corrected chi connectivity index (χ1v) is 10.3. The molecule has 0 aromatic carbocycles. The molecule has 5 unspecified atom stereocenters. The minimum Gasteiger partial charge on any atom is -0.396 e. The van der Waals surface area contributed by atoms with Crippen LogP contribution in [0.4, 0.5) is 0 Å². The number of hydrogen-bond acceptors (Lipinski definition) is 2. The van der Waals surface area contributed by atoms with Crippen LogP contribution in [0.1, 0.15) is 65.2 Å². The van der Waals surface area contributed by atoms with E-state index in [4.69, 9.17) is 6.42 Å². The molecule has 1 N–H and O–H groups in total. The van der Waals surface area contributed by atoms with Crippen LogP contribution in [-0.4, -0.2) is 17.5 Å². The highest BCUT2D eigenvalue weighted by Crippen LogP contribution is 2.69. The monoisotopic (exact) mass is 340 g/mol. The van der Waals surface area contributed by atoms with E-state index in [1.807, 2.05) is 6.08 Å². The van der Waals surface area contributed by atoms with Gasteiger partial charge in [0.2, 0.25) is 0 Å². The zero-order chi connectivity index (χ0) is 17.8. The molecule has 0 spiro atoms. The molecular weight excluding hydrogens is 308 g/mol. The van der Waals surface area contributed by atoms with Crippen molar-refractivity contribution in [1.82, 2.24) is 0 Å². The number of allylic oxidation sites excluding steroid dienone is 1. The van der Waals surface area contributed by atoms with E-state index < -0.39 is 0 Å². The number of rotatable bonds is 2. The highest BCUT2D eigenvalue weighted by molar-refractivity contribution is 5.91. The average molecular weight is 341 g/mol. The van der Waals surface area contributed by atoms with Gasteiger partial charge in [-0.1, -0.05) is 25.3 Å². The minimum atomic E-state index is -0.115. The predicted octanol–water partition coefficient (Wildman–Crippen LogP) is 4.38. The Morgan fingerprint density at radius 2 is 2.12 bits per heavy atom. The van der Waals surface area contributed by atoms with Gasteiger partial charge in [-0.2, -0.15) is 0 Å². The van der Waals surface area contributed by atoms with Crippen molar-refractivity contribution in [2.75, 3.05) is 6.61 Å². The molecule has 0 aromatic rings. The molecular formula is C23H32O2. The fraction of sp³-hybridized carbons (Fsp3) is 0.783. The van der Waals surface area contributed by atoms with Crippen LogP contribution in [0.15, 0.2) is 11.6 Å². The molecule has 0 radical (unpaired) electrons. The third kappa shape index (κ3) is 2.31. The first kappa shape index (κ1) is 17.3. The van der Waals surface area contributed by atoms with Gasteiger partial charge in [0.15, 0.2) is 5.78 Å². The van der Waals surface area contributed by atoms with Crippen LogP contribution in [-0.2, 0) is 4.79 Å². The lowest BCUT2D eigenvalue weighted by Gasteiger charge is -2.58. The Labute approximate surface area is 152 Å². The van der Waals surface area contributed by atoms with Gasteiger partial charge >= 0.3 is 0 Å². The van der Waals surface area contributed by atoms with Crippen LogP contribution >= 0.6 is 0 Å². The zero-order valence-corrected chi connectivity index (χ0v) is 15.8. The summed E-state index contributed by atoms with van der Waals surface area (Å²) in [4.78, 5) is 11.9. The number of carbonyl (C=O) groups excluding carboxylic acids is 1. The summed E-state index contributed by atoms with van der Waals surface area (Å²) in [6, 6.07) is 0. The number of terminal acetylenes is 1. The van der Waals surface area contributed by atoms with E-state index in [1.165, 1.54) is 24.8 Å². The zero-order valence-electron chi connectivity index (χ0n) is 15.8. The van der Waals surface area contributed by atoms with Crippen molar-refractivity contribution in [2.24, 2.45) is 40.4 Å². The first-order chi connectivity index (χ1) is 12.0. The van der Waals surface area contributed by atoms with Crippen LogP contribution in [0.2, 0.25) is 0 Å². The number of hydrogen-bond donors (Lipinski definition) is 1. The molecule has 0 aliphatic heterocycles. The summed E-state index contributed by atoms with van der Waals surface area (Å²) in [7, 11) is 0. The van der Waals surface area contributed by atoms with Gasteiger partial charge in [-0.15, -0.1) is 6.42 Å². The molecule has 2 heteroatoms. The van der Waals surface area contributed by atoms with Crippen molar-refractivity contribution >= 4 is 5.78 Å². The predicted molar refractivity (Wildman–Crippen MR) is 99.6 cm³/mol. The first-order valence-electron chi connectivity index (χ1n) is 10.3. The van der Waals surface area contributed by atoms with Gasteiger partial charge < -0.3 is 5.11 Å². The van der Waals surface area contributed by atoms with Gasteiger partial charge in [-0.05, 0) is 86.0 Å². The fourth-order valence-corrected chi connectivity index (χ4v) is 7.64. The quantitative estimate of drug-likeness (QED) is 0.758. The van der Waals surface area contributed by atoms with E-state index in [2.05, 4.69) is 19.8 Å². The van der Waals surface area contributed by atoms with Gasteiger partial charge in [0.1, 0.15) is 0 Å². The van der Waals surface area contributed by atoms with Crippen LogP contribution in [0.5, 0.6) is 0 Å². The van der Waals surface area contributed by atoms with Crippen molar-refractivity contribution in [2.45, 2.75) is 65.2 Å². The molecule has 136 valence electrons. The second-order valence-electron chi connectivity index (χ2n) is 9.55. The maximum atomic E-state index is 11.9. The SMILES string of the molecule is C#C[C@@]1(CCO)CCC2C3C(C)CC4=CC(=O)CCC4C3CC[C@@]21C. The summed E-state index contributed by atoms with van der Waals surface area (Å²) in [5.41, 5.74) is 1.51. The third-order valence-corrected chi connectivity index (χ3v) is 8.82. The lowest BCUT2D eigenvalue weighted by atomic mass is 9.46. The highest BCUT2D eigenvalue weighted by Gasteiger charge is 2.62. The number of carbonyl (C=O) groups is 1. The summed E-state index contributed by atoms with van der Waals surface area (Å²) in [5, 5.41) is 9.66. The van der Waals surface area contributed by atoms with Crippen LogP contribution in [0.3, 0.4) is 0 Å². The molecule has 4 aliphatic carbocycles. The summed E-state index contributed by atoms with van der Waals surface area (Å²) in [6.45, 7) is 5.04. The van der Waals surface area contributed by atoms with E-state index in [0.717, 1.165) is 43.9 Å². The number of fused-ring (bicyclic) bond motifs is 5. The Balaban J connectivity index is 1.68. The average Bonchev–Trinajstić information content (AvgIpc) is 2.88. The molecule has 0 amide bonds. The van der Waals surface area contributed by atoms with E-state index in [1.54, 1.807) is 0 Å². The van der Waals surface area contributed by atoms with E-state index in [-0.39, 0.29) is 17.4 Å². The Morgan fingerprint density at radius 1 is 1.32 bits per heavy atom. The minimum absolute atomic E-state index is 0.115. The van der Waals surface area contributed by atoms with Crippen LogP contribution < -0.4 is 0 Å². The second kappa shape index (κ2) is 5.98.